The van der Waals surface area contributed by atoms with Crippen LogP contribution in [0, 0.1) is 0 Å². The second-order valence-electron chi connectivity index (χ2n) is 7.32. The van der Waals surface area contributed by atoms with Crippen LogP contribution in [0.4, 0.5) is 0 Å². The number of esters is 1. The largest absolute Gasteiger partial charge is 0.465 e. The molecule has 2 fully saturated rings. The van der Waals surface area contributed by atoms with Crippen molar-refractivity contribution in [3.8, 4) is 0 Å². The molecular formula is C22H24N2O4. The first-order chi connectivity index (χ1) is 13.6. The van der Waals surface area contributed by atoms with Gasteiger partial charge in [-0.2, -0.15) is 0 Å². The fraction of sp³-hybridized carbons (Fsp3) is 0.364. The quantitative estimate of drug-likeness (QED) is 0.825. The highest BCUT2D eigenvalue weighted by Gasteiger charge is 2.38. The van der Waals surface area contributed by atoms with Crippen molar-refractivity contribution in [1.29, 1.82) is 0 Å². The number of methoxy groups -OCH3 is 1. The lowest BCUT2D eigenvalue weighted by molar-refractivity contribution is -0.0502. The molecule has 0 saturated carbocycles. The predicted octanol–water partition coefficient (Wildman–Crippen LogP) is 2.42. The summed E-state index contributed by atoms with van der Waals surface area (Å²) >= 11 is 0. The first-order valence-corrected chi connectivity index (χ1v) is 9.54. The van der Waals surface area contributed by atoms with Gasteiger partial charge in [-0.05, 0) is 30.2 Å². The highest BCUT2D eigenvalue weighted by atomic mass is 16.5. The molecule has 2 aromatic rings. The third kappa shape index (κ3) is 3.93. The first-order valence-electron chi connectivity index (χ1n) is 9.54. The number of ether oxygens (including phenoxy) is 2. The maximum atomic E-state index is 12.6. The summed E-state index contributed by atoms with van der Waals surface area (Å²) in [6.07, 6.45) is 0.938. The number of carbonyl (C=O) groups excluding carboxylic acids is 2. The molecule has 4 rings (SSSR count). The summed E-state index contributed by atoms with van der Waals surface area (Å²) in [7, 11) is 1.33. The Kier molecular flexibility index (Phi) is 5.41. The molecule has 3 atom stereocenters. The normalized spacial score (nSPS) is 24.4. The first kappa shape index (κ1) is 18.7. The molecule has 2 saturated heterocycles. The van der Waals surface area contributed by atoms with E-state index in [1.54, 1.807) is 24.3 Å². The molecule has 0 radical (unpaired) electrons. The van der Waals surface area contributed by atoms with Crippen molar-refractivity contribution >= 4 is 11.9 Å². The van der Waals surface area contributed by atoms with Crippen LogP contribution in [0.25, 0.3) is 0 Å². The van der Waals surface area contributed by atoms with Crippen LogP contribution < -0.4 is 5.32 Å². The Hall–Kier alpha value is -2.70. The number of fused-ring (bicyclic) bond motifs is 1. The molecule has 2 aliphatic rings. The van der Waals surface area contributed by atoms with Gasteiger partial charge in [-0.1, -0.05) is 36.4 Å². The van der Waals surface area contributed by atoms with Gasteiger partial charge in [-0.25, -0.2) is 4.79 Å². The van der Waals surface area contributed by atoms with Crippen molar-refractivity contribution in [3.05, 3.63) is 71.3 Å². The molecule has 0 aliphatic carbocycles. The van der Waals surface area contributed by atoms with E-state index in [1.807, 2.05) is 18.2 Å². The summed E-state index contributed by atoms with van der Waals surface area (Å²) in [4.78, 5) is 26.7. The van der Waals surface area contributed by atoms with E-state index in [0.717, 1.165) is 19.5 Å². The number of amides is 1. The van der Waals surface area contributed by atoms with Gasteiger partial charge in [0.2, 0.25) is 0 Å². The molecule has 6 nitrogen and oxygen atoms in total. The van der Waals surface area contributed by atoms with Crippen LogP contribution in [0.3, 0.4) is 0 Å². The van der Waals surface area contributed by atoms with Crippen LogP contribution in [0.15, 0.2) is 54.6 Å². The number of benzene rings is 2. The number of morpholine rings is 1. The van der Waals surface area contributed by atoms with E-state index in [9.17, 15) is 9.59 Å². The highest BCUT2D eigenvalue weighted by Crippen LogP contribution is 2.30. The van der Waals surface area contributed by atoms with Crippen LogP contribution in [0.2, 0.25) is 0 Å². The monoisotopic (exact) mass is 380 g/mol. The minimum Gasteiger partial charge on any atom is -0.465 e. The topological polar surface area (TPSA) is 67.9 Å². The van der Waals surface area contributed by atoms with Gasteiger partial charge in [0.1, 0.15) is 0 Å². The molecule has 2 aromatic carbocycles. The zero-order chi connectivity index (χ0) is 19.5. The molecule has 146 valence electrons. The molecular weight excluding hydrogens is 356 g/mol. The summed E-state index contributed by atoms with van der Waals surface area (Å²) in [5.41, 5.74) is 2.03. The lowest BCUT2D eigenvalue weighted by atomic mass is 10.1. The summed E-state index contributed by atoms with van der Waals surface area (Å²) in [5, 5.41) is 3.10. The van der Waals surface area contributed by atoms with Crippen molar-refractivity contribution in [2.45, 2.75) is 24.6 Å². The standard InChI is InChI=1S/C22H24N2O4/c1-27-22(26)17-9-5-8-16(10-17)21(25)23-18-11-19-14-28-20(13-24(19)12-18)15-6-3-2-4-7-15/h2-10,18-20H,11-14H2,1H3,(H,23,25)/t18-,19-,20+/m0/s1. The second-order valence-corrected chi connectivity index (χ2v) is 7.32. The predicted molar refractivity (Wildman–Crippen MR) is 104 cm³/mol. The average molecular weight is 380 g/mol. The van der Waals surface area contributed by atoms with Gasteiger partial charge >= 0.3 is 5.97 Å². The van der Waals surface area contributed by atoms with E-state index in [1.165, 1.54) is 12.7 Å². The van der Waals surface area contributed by atoms with Crippen LogP contribution in [0.1, 0.15) is 38.8 Å². The molecule has 1 amide bonds. The van der Waals surface area contributed by atoms with Crippen molar-refractivity contribution in [3.63, 3.8) is 0 Å². The Bertz CT molecular complexity index is 855. The third-order valence-electron chi connectivity index (χ3n) is 5.47. The van der Waals surface area contributed by atoms with Crippen LogP contribution >= 0.6 is 0 Å². The van der Waals surface area contributed by atoms with Gasteiger partial charge in [0.05, 0.1) is 25.4 Å². The molecule has 0 unspecified atom stereocenters. The van der Waals surface area contributed by atoms with E-state index < -0.39 is 5.97 Å². The van der Waals surface area contributed by atoms with Gasteiger partial charge in [0, 0.05) is 30.7 Å². The zero-order valence-corrected chi connectivity index (χ0v) is 15.8. The Morgan fingerprint density at radius 3 is 2.64 bits per heavy atom. The Morgan fingerprint density at radius 2 is 1.86 bits per heavy atom. The molecule has 0 bridgehead atoms. The second kappa shape index (κ2) is 8.12. The number of hydrogen-bond donors (Lipinski definition) is 1. The molecule has 2 heterocycles. The third-order valence-corrected chi connectivity index (χ3v) is 5.47. The summed E-state index contributed by atoms with van der Waals surface area (Å²) in [6, 6.07) is 17.2. The van der Waals surface area contributed by atoms with Crippen molar-refractivity contribution in [1.82, 2.24) is 10.2 Å². The zero-order valence-electron chi connectivity index (χ0n) is 15.8. The Labute approximate surface area is 164 Å². The van der Waals surface area contributed by atoms with E-state index in [0.29, 0.717) is 23.8 Å². The van der Waals surface area contributed by atoms with Crippen molar-refractivity contribution < 1.29 is 19.1 Å². The molecule has 0 aromatic heterocycles. The summed E-state index contributed by atoms with van der Waals surface area (Å²) in [5.74, 6) is -0.618. The van der Waals surface area contributed by atoms with E-state index in [4.69, 9.17) is 9.47 Å². The van der Waals surface area contributed by atoms with Crippen molar-refractivity contribution in [2.75, 3.05) is 26.8 Å². The fourth-order valence-electron chi connectivity index (χ4n) is 4.02. The lowest BCUT2D eigenvalue weighted by Crippen LogP contribution is -2.43. The van der Waals surface area contributed by atoms with E-state index >= 15 is 0 Å². The van der Waals surface area contributed by atoms with Gasteiger partial charge in [0.25, 0.3) is 5.91 Å². The summed E-state index contributed by atoms with van der Waals surface area (Å²) in [6.45, 7) is 2.31. The van der Waals surface area contributed by atoms with Crippen LogP contribution in [-0.4, -0.2) is 55.7 Å². The number of hydrogen-bond acceptors (Lipinski definition) is 5. The van der Waals surface area contributed by atoms with Crippen molar-refractivity contribution in [2.24, 2.45) is 0 Å². The number of nitrogens with zero attached hydrogens (tertiary/aromatic N) is 1. The Morgan fingerprint density at radius 1 is 1.07 bits per heavy atom. The maximum absolute atomic E-state index is 12.6. The number of rotatable bonds is 4. The Balaban J connectivity index is 1.37. The molecule has 6 heteroatoms. The van der Waals surface area contributed by atoms with Gasteiger partial charge in [-0.15, -0.1) is 0 Å². The van der Waals surface area contributed by atoms with Crippen LogP contribution in [0.5, 0.6) is 0 Å². The van der Waals surface area contributed by atoms with E-state index in [-0.39, 0.29) is 18.1 Å². The summed E-state index contributed by atoms with van der Waals surface area (Å²) < 4.78 is 10.8. The van der Waals surface area contributed by atoms with Gasteiger partial charge in [-0.3, -0.25) is 9.69 Å². The molecule has 1 N–H and O–H groups in total. The van der Waals surface area contributed by atoms with Crippen LogP contribution in [-0.2, 0) is 9.47 Å². The van der Waals surface area contributed by atoms with E-state index in [2.05, 4.69) is 22.3 Å². The molecule has 0 spiro atoms. The SMILES string of the molecule is COC(=O)c1cccc(C(=O)N[C@H]2C[C@H]3CO[C@@H](c4ccccc4)CN3C2)c1. The minimum atomic E-state index is -0.447. The average Bonchev–Trinajstić information content (AvgIpc) is 3.15. The minimum absolute atomic E-state index is 0.0670. The molecule has 2 aliphatic heterocycles. The molecule has 28 heavy (non-hydrogen) atoms. The highest BCUT2D eigenvalue weighted by molar-refractivity contribution is 5.98. The lowest BCUT2D eigenvalue weighted by Gasteiger charge is -2.35. The maximum Gasteiger partial charge on any atom is 0.337 e. The fourth-order valence-corrected chi connectivity index (χ4v) is 4.02. The number of nitrogens with one attached hydrogen (secondary N) is 1. The van der Waals surface area contributed by atoms with Gasteiger partial charge in [0.15, 0.2) is 0 Å². The van der Waals surface area contributed by atoms with Gasteiger partial charge < -0.3 is 14.8 Å². The number of carbonyl (C=O) groups is 2. The smallest absolute Gasteiger partial charge is 0.337 e.